The van der Waals surface area contributed by atoms with Crippen molar-refractivity contribution < 1.29 is 4.57 Å². The number of para-hydroxylation sites is 2. The molecule has 0 bridgehead atoms. The van der Waals surface area contributed by atoms with E-state index < -0.39 is 0 Å². The van der Waals surface area contributed by atoms with Crippen molar-refractivity contribution in [3.8, 4) is 0 Å². The molecule has 3 heteroatoms. The highest BCUT2D eigenvalue weighted by atomic mass is 32.2. The van der Waals surface area contributed by atoms with Gasteiger partial charge in [0.15, 0.2) is 0 Å². The van der Waals surface area contributed by atoms with Gasteiger partial charge in [-0.05, 0) is 38.1 Å². The zero-order chi connectivity index (χ0) is 16.5. The monoisotopic (exact) mass is 333 g/mol. The Morgan fingerprint density at radius 3 is 2.58 bits per heavy atom. The van der Waals surface area contributed by atoms with Crippen LogP contribution in [0.2, 0.25) is 0 Å². The summed E-state index contributed by atoms with van der Waals surface area (Å²) in [7, 11) is 0. The number of pyridine rings is 1. The number of aromatic nitrogens is 1. The van der Waals surface area contributed by atoms with Gasteiger partial charge in [0.05, 0.1) is 10.7 Å². The summed E-state index contributed by atoms with van der Waals surface area (Å²) in [6.07, 6.45) is 2.32. The Bertz CT molecular complexity index is 930. The first kappa shape index (κ1) is 15.3. The molecule has 0 atom stereocenters. The maximum Gasteiger partial charge on any atom is 0.212 e. The Morgan fingerprint density at radius 2 is 1.75 bits per heavy atom. The summed E-state index contributed by atoms with van der Waals surface area (Å²) < 4.78 is 2.39. The van der Waals surface area contributed by atoms with Crippen molar-refractivity contribution in [2.45, 2.75) is 25.3 Å². The Kier molecular flexibility index (Phi) is 4.03. The molecule has 3 aromatic rings. The van der Waals surface area contributed by atoms with Crippen LogP contribution in [0.15, 0.2) is 70.6 Å². The fraction of sp³-hybridized carbons (Fsp3) is 0.190. The van der Waals surface area contributed by atoms with Gasteiger partial charge in [-0.15, -0.1) is 0 Å². The van der Waals surface area contributed by atoms with Gasteiger partial charge in [-0.3, -0.25) is 0 Å². The zero-order valence-corrected chi connectivity index (χ0v) is 14.9. The van der Waals surface area contributed by atoms with E-state index in [1.165, 1.54) is 32.2 Å². The molecule has 1 aromatic heterocycles. The normalized spacial score (nSPS) is 15.2. The number of fused-ring (bicyclic) bond motifs is 2. The number of rotatable bonds is 3. The smallest absolute Gasteiger partial charge is 0.212 e. The third-order valence-corrected chi connectivity index (χ3v) is 5.63. The molecule has 120 valence electrons. The quantitative estimate of drug-likeness (QED) is 0.617. The lowest BCUT2D eigenvalue weighted by molar-refractivity contribution is -0.669. The van der Waals surface area contributed by atoms with Gasteiger partial charge in [-0.2, -0.15) is 4.57 Å². The van der Waals surface area contributed by atoms with E-state index in [2.05, 4.69) is 90.1 Å². The molecule has 24 heavy (non-hydrogen) atoms. The summed E-state index contributed by atoms with van der Waals surface area (Å²) in [5.41, 5.74) is 3.86. The van der Waals surface area contributed by atoms with E-state index in [0.717, 1.165) is 13.1 Å². The average molecular weight is 333 g/mol. The highest BCUT2D eigenvalue weighted by Gasteiger charge is 2.24. The van der Waals surface area contributed by atoms with E-state index in [1.54, 1.807) is 0 Å². The molecule has 0 saturated carbocycles. The second kappa shape index (κ2) is 6.33. The van der Waals surface area contributed by atoms with Crippen LogP contribution in [0.25, 0.3) is 17.0 Å². The van der Waals surface area contributed by atoms with E-state index in [1.807, 2.05) is 11.8 Å². The molecule has 4 rings (SSSR count). The molecule has 0 aliphatic carbocycles. The first-order valence-corrected chi connectivity index (χ1v) is 9.31. The van der Waals surface area contributed by atoms with Crippen LogP contribution < -0.4 is 9.47 Å². The lowest BCUT2D eigenvalue weighted by atomic mass is 10.2. The molecule has 0 unspecified atom stereocenters. The van der Waals surface area contributed by atoms with Crippen molar-refractivity contribution in [1.29, 1.82) is 0 Å². The number of benzene rings is 2. The second-order valence-corrected chi connectivity index (χ2v) is 6.92. The largest absolute Gasteiger partial charge is 0.335 e. The predicted molar refractivity (Wildman–Crippen MR) is 103 cm³/mol. The van der Waals surface area contributed by atoms with E-state index in [0.29, 0.717) is 0 Å². The minimum Gasteiger partial charge on any atom is -0.335 e. The highest BCUT2D eigenvalue weighted by Crippen LogP contribution is 2.46. The molecule has 0 saturated heterocycles. The summed E-state index contributed by atoms with van der Waals surface area (Å²) in [6, 6.07) is 21.7. The van der Waals surface area contributed by atoms with Crippen LogP contribution in [0.5, 0.6) is 0 Å². The minimum atomic E-state index is 0.963. The molecule has 0 radical (unpaired) electrons. The van der Waals surface area contributed by atoms with Crippen LogP contribution in [-0.2, 0) is 6.54 Å². The van der Waals surface area contributed by atoms with Gasteiger partial charge in [0.1, 0.15) is 6.54 Å². The third kappa shape index (κ3) is 2.49. The summed E-state index contributed by atoms with van der Waals surface area (Å²) in [5, 5.41) is 2.59. The molecule has 0 N–H and O–H groups in total. The van der Waals surface area contributed by atoms with Crippen LogP contribution in [0.1, 0.15) is 19.5 Å². The van der Waals surface area contributed by atoms with E-state index in [-0.39, 0.29) is 0 Å². The van der Waals surface area contributed by atoms with E-state index >= 15 is 0 Å². The lowest BCUT2D eigenvalue weighted by Gasteiger charge is -2.17. The Hall–Kier alpha value is -2.26. The van der Waals surface area contributed by atoms with Crippen LogP contribution in [-0.4, -0.2) is 6.54 Å². The van der Waals surface area contributed by atoms with Gasteiger partial charge in [0.2, 0.25) is 11.2 Å². The van der Waals surface area contributed by atoms with Gasteiger partial charge < -0.3 is 4.90 Å². The van der Waals surface area contributed by atoms with Gasteiger partial charge in [-0.25, -0.2) is 0 Å². The maximum atomic E-state index is 2.40. The molecular weight excluding hydrogens is 312 g/mol. The van der Waals surface area contributed by atoms with Crippen molar-refractivity contribution in [3.05, 3.63) is 71.4 Å². The first-order valence-electron chi connectivity index (χ1n) is 8.49. The molecular formula is C21H21N2S+. The number of hydrogen-bond donors (Lipinski definition) is 0. The molecule has 2 nitrogen and oxygen atoms in total. The van der Waals surface area contributed by atoms with Gasteiger partial charge in [0.25, 0.3) is 0 Å². The minimum absolute atomic E-state index is 0.963. The molecule has 2 heterocycles. The van der Waals surface area contributed by atoms with Crippen LogP contribution >= 0.6 is 11.8 Å². The Morgan fingerprint density at radius 1 is 0.958 bits per heavy atom. The number of aryl methyl sites for hydroxylation is 1. The Labute approximate surface area is 147 Å². The molecule has 0 fully saturated rings. The second-order valence-electron chi connectivity index (χ2n) is 5.86. The van der Waals surface area contributed by atoms with Crippen molar-refractivity contribution >= 4 is 34.4 Å². The number of anilines is 1. The third-order valence-electron chi connectivity index (χ3n) is 4.51. The van der Waals surface area contributed by atoms with Gasteiger partial charge >= 0.3 is 0 Å². The first-order chi connectivity index (χ1) is 11.8. The summed E-state index contributed by atoms with van der Waals surface area (Å²) in [4.78, 5) is 3.74. The molecule has 1 aliphatic rings. The molecule has 0 amide bonds. The van der Waals surface area contributed by atoms with Gasteiger partial charge in [-0.1, -0.05) is 36.0 Å². The number of hydrogen-bond acceptors (Lipinski definition) is 2. The van der Waals surface area contributed by atoms with Crippen LogP contribution in [0.4, 0.5) is 5.69 Å². The average Bonchev–Trinajstić information content (AvgIpc) is 2.98. The predicted octanol–water partition coefficient (Wildman–Crippen LogP) is 5.08. The topological polar surface area (TPSA) is 7.12 Å². The van der Waals surface area contributed by atoms with Crippen LogP contribution in [0, 0.1) is 0 Å². The summed E-state index contributed by atoms with van der Waals surface area (Å²) in [5.74, 6) is 0. The van der Waals surface area contributed by atoms with Crippen molar-refractivity contribution in [2.75, 3.05) is 11.4 Å². The fourth-order valence-electron chi connectivity index (χ4n) is 3.37. The fourth-order valence-corrected chi connectivity index (χ4v) is 4.54. The molecule has 0 spiro atoms. The van der Waals surface area contributed by atoms with Crippen molar-refractivity contribution in [2.24, 2.45) is 0 Å². The zero-order valence-electron chi connectivity index (χ0n) is 14.1. The summed E-state index contributed by atoms with van der Waals surface area (Å²) >= 11 is 1.86. The van der Waals surface area contributed by atoms with Gasteiger partial charge in [0, 0.05) is 35.0 Å². The van der Waals surface area contributed by atoms with E-state index in [9.17, 15) is 0 Å². The van der Waals surface area contributed by atoms with Crippen molar-refractivity contribution in [1.82, 2.24) is 0 Å². The van der Waals surface area contributed by atoms with Crippen molar-refractivity contribution in [3.63, 3.8) is 0 Å². The van der Waals surface area contributed by atoms with Crippen LogP contribution in [0.3, 0.4) is 0 Å². The molecule has 2 aromatic carbocycles. The summed E-state index contributed by atoms with van der Waals surface area (Å²) in [6.45, 7) is 6.37. The van der Waals surface area contributed by atoms with E-state index in [4.69, 9.17) is 0 Å². The SMILES string of the molecule is CCN1C(=Cc2ccc3ccccc3[n+]2CC)Sc2ccccc21. The number of nitrogens with zero attached hydrogens (tertiary/aromatic N) is 2. The maximum absolute atomic E-state index is 2.40. The standard InChI is InChI=1S/C21H21N2S/c1-3-22-17(14-13-16-9-5-6-10-18(16)22)15-21-23(4-2)19-11-7-8-12-20(19)24-21/h5-15H,3-4H2,1-2H3/q+1. The molecule has 1 aliphatic heterocycles. The Balaban J connectivity index is 1.83. The highest BCUT2D eigenvalue weighted by molar-refractivity contribution is 8.03. The lowest BCUT2D eigenvalue weighted by Crippen LogP contribution is -2.36. The number of thioether (sulfide) groups is 1.